The number of hydrogen-bond donors (Lipinski definition) is 6. The summed E-state index contributed by atoms with van der Waals surface area (Å²) in [5.41, 5.74) is 15.2. The largest absolute Gasteiger partial charge is 0.543 e. The number of carboxylic acid groups (broad SMARTS) is 2. The molecule has 0 atom stereocenters. The summed E-state index contributed by atoms with van der Waals surface area (Å²) in [6.45, 7) is 0. The fourth-order valence-corrected chi connectivity index (χ4v) is 3.37. The fraction of sp³-hybridized carbons (Fsp3) is 0. The van der Waals surface area contributed by atoms with E-state index >= 15 is 0 Å². The number of quaternary nitrogens is 2. The van der Waals surface area contributed by atoms with Gasteiger partial charge in [-0.25, -0.2) is 20.6 Å². The van der Waals surface area contributed by atoms with Crippen molar-refractivity contribution in [3.05, 3.63) is 121 Å². The van der Waals surface area contributed by atoms with Crippen molar-refractivity contribution in [2.45, 2.75) is 0 Å². The molecule has 0 amide bonds. The predicted molar refractivity (Wildman–Crippen MR) is 140 cm³/mol. The van der Waals surface area contributed by atoms with Crippen molar-refractivity contribution in [1.29, 1.82) is 10.8 Å². The molecule has 4 aromatic carbocycles. The van der Waals surface area contributed by atoms with Crippen molar-refractivity contribution in [3.8, 4) is 0 Å². The Morgan fingerprint density at radius 1 is 0.474 bits per heavy atom. The van der Waals surface area contributed by atoms with E-state index < -0.39 is 11.9 Å². The van der Waals surface area contributed by atoms with Crippen LogP contribution >= 0.6 is 0 Å². The van der Waals surface area contributed by atoms with Crippen LogP contribution in [0.3, 0.4) is 0 Å². The monoisotopic (exact) mass is 512 g/mol. The Bertz CT molecular complexity index is 1140. The summed E-state index contributed by atoms with van der Waals surface area (Å²) in [6.07, 6.45) is 0. The van der Waals surface area contributed by atoms with Crippen molar-refractivity contribution in [3.63, 3.8) is 0 Å². The molecule has 0 unspecified atom stereocenters. The number of guanidine groups is 2. The second-order valence-electron chi connectivity index (χ2n) is 7.62. The minimum atomic E-state index is -2.19. The Morgan fingerprint density at radius 2 is 0.658 bits per heavy atom. The molecule has 0 aromatic heterocycles. The van der Waals surface area contributed by atoms with Crippen LogP contribution in [0.2, 0.25) is 0 Å². The zero-order valence-electron chi connectivity index (χ0n) is 20.3. The summed E-state index contributed by atoms with van der Waals surface area (Å²) < 4.78 is 0. The molecular weight excluding hydrogens is 484 g/mol. The molecule has 0 spiro atoms. The summed E-state index contributed by atoms with van der Waals surface area (Å²) in [5.74, 6) is -4.18. The van der Waals surface area contributed by atoms with Gasteiger partial charge in [-0.15, -0.1) is 0 Å². The van der Waals surface area contributed by atoms with E-state index in [4.69, 9.17) is 42.1 Å². The lowest BCUT2D eigenvalue weighted by Gasteiger charge is -2.15. The number of para-hydroxylation sites is 4. The molecule has 0 fully saturated rings. The average molecular weight is 513 g/mol. The van der Waals surface area contributed by atoms with Gasteiger partial charge in [0.25, 0.3) is 0 Å². The van der Waals surface area contributed by atoms with Crippen LogP contribution in [0.4, 0.5) is 22.7 Å². The van der Waals surface area contributed by atoms with E-state index in [1.54, 1.807) is 0 Å². The lowest BCUT2D eigenvalue weighted by atomic mass is 10.2. The van der Waals surface area contributed by atoms with Gasteiger partial charge in [0.2, 0.25) is 0 Å². The highest BCUT2D eigenvalue weighted by atomic mass is 16.4. The fourth-order valence-electron chi connectivity index (χ4n) is 3.37. The van der Waals surface area contributed by atoms with Crippen LogP contribution < -0.4 is 31.5 Å². The smallest absolute Gasteiger partial charge is 0.300 e. The molecule has 38 heavy (non-hydrogen) atoms. The zero-order valence-corrected chi connectivity index (χ0v) is 20.3. The van der Waals surface area contributed by atoms with E-state index in [2.05, 4.69) is 0 Å². The number of rotatable bonds is 4. The number of carbonyl (C=O) groups excluding carboxylic acids is 2. The number of hydrogen-bond acceptors (Lipinski definition) is 6. The van der Waals surface area contributed by atoms with E-state index in [-0.39, 0.29) is 11.9 Å². The Morgan fingerprint density at radius 3 is 0.789 bits per heavy atom. The molecule has 0 saturated carbocycles. The van der Waals surface area contributed by atoms with Gasteiger partial charge in [-0.05, 0) is 48.5 Å². The van der Waals surface area contributed by atoms with Gasteiger partial charge in [-0.1, -0.05) is 72.8 Å². The molecule has 0 heterocycles. The van der Waals surface area contributed by atoms with Crippen LogP contribution in [0, 0.1) is 10.8 Å². The molecule has 0 radical (unpaired) electrons. The summed E-state index contributed by atoms with van der Waals surface area (Å²) in [7, 11) is 0. The Balaban J connectivity index is 0.000000221. The molecule has 0 bridgehead atoms. The molecule has 0 aliphatic rings. The maximum Gasteiger partial charge on any atom is 0.300 e. The summed E-state index contributed by atoms with van der Waals surface area (Å²) in [6, 6.07) is 39.1. The van der Waals surface area contributed by atoms with Gasteiger partial charge < -0.3 is 31.3 Å². The third-order valence-electron chi connectivity index (χ3n) is 4.96. The predicted octanol–water partition coefficient (Wildman–Crippen LogP) is -0.657. The maximum absolute atomic E-state index is 8.93. The molecule has 8 N–H and O–H groups in total. The third-order valence-corrected chi connectivity index (χ3v) is 4.96. The highest BCUT2D eigenvalue weighted by molar-refractivity contribution is 6.25. The first kappa shape index (κ1) is 28.9. The molecule has 194 valence electrons. The number of aliphatic carboxylic acids is 2. The van der Waals surface area contributed by atoms with E-state index in [1.807, 2.05) is 121 Å². The molecule has 0 aliphatic carbocycles. The Hall–Kier alpha value is -5.32. The van der Waals surface area contributed by atoms with E-state index in [9.17, 15) is 0 Å². The van der Waals surface area contributed by atoms with Crippen LogP contribution in [-0.4, -0.2) is 23.9 Å². The van der Waals surface area contributed by atoms with Crippen molar-refractivity contribution >= 4 is 46.6 Å². The van der Waals surface area contributed by atoms with E-state index in [0.29, 0.717) is 0 Å². The van der Waals surface area contributed by atoms with Crippen molar-refractivity contribution in [2.24, 2.45) is 11.5 Å². The molecule has 4 rings (SSSR count). The molecule has 10 heteroatoms. The van der Waals surface area contributed by atoms with Crippen LogP contribution in [-0.2, 0) is 9.59 Å². The van der Waals surface area contributed by atoms with Crippen molar-refractivity contribution in [2.75, 3.05) is 0 Å². The standard InChI is InChI=1S/2C13H13N3.C2H2O4/c2*14-13(15)16(11-7-3-1-4-8-11)12-9-5-2-6-10-12;3-1(4)2(5)6/h2*1-10H,(H3,14,15);(H,3,4)(H,5,6). The summed E-state index contributed by atoms with van der Waals surface area (Å²) in [4.78, 5) is 19.4. The number of nitrogens with two attached hydrogens (primary N) is 2. The van der Waals surface area contributed by atoms with Gasteiger partial charge in [-0.2, -0.15) is 0 Å². The number of benzene rings is 4. The lowest BCUT2D eigenvalue weighted by Crippen LogP contribution is -3.07. The number of carbonyl (C=O) groups is 2. The van der Waals surface area contributed by atoms with Gasteiger partial charge in [0.15, 0.2) is 0 Å². The summed E-state index contributed by atoms with van der Waals surface area (Å²) >= 11 is 0. The third kappa shape index (κ3) is 9.04. The van der Waals surface area contributed by atoms with E-state index in [0.717, 1.165) is 32.5 Å². The first-order valence-electron chi connectivity index (χ1n) is 11.3. The highest BCUT2D eigenvalue weighted by Gasteiger charge is 2.19. The zero-order chi connectivity index (χ0) is 27.9. The first-order valence-corrected chi connectivity index (χ1v) is 11.3. The molecule has 0 aliphatic heterocycles. The van der Waals surface area contributed by atoms with Crippen LogP contribution in [0.5, 0.6) is 0 Å². The maximum atomic E-state index is 8.93. The lowest BCUT2D eigenvalue weighted by molar-refractivity contribution is -0.653. The van der Waals surface area contributed by atoms with E-state index in [1.165, 1.54) is 0 Å². The normalized spacial score (nSPS) is 9.84. The van der Waals surface area contributed by atoms with Crippen LogP contribution in [0.15, 0.2) is 121 Å². The quantitative estimate of drug-likeness (QED) is 0.120. The minimum Gasteiger partial charge on any atom is -0.543 e. The average Bonchev–Trinajstić information content (AvgIpc) is 2.92. The van der Waals surface area contributed by atoms with Gasteiger partial charge in [0.05, 0.1) is 11.9 Å². The van der Waals surface area contributed by atoms with Crippen molar-refractivity contribution in [1.82, 2.24) is 0 Å². The molecule has 4 aromatic rings. The summed E-state index contributed by atoms with van der Waals surface area (Å²) in [5, 5.41) is 33.2. The highest BCUT2D eigenvalue weighted by Crippen LogP contribution is 2.07. The van der Waals surface area contributed by atoms with Gasteiger partial charge >= 0.3 is 11.9 Å². The SMILES string of the molecule is N=C(N)[NH+](c1ccccc1)c1ccccc1.N=C(N)[NH+](c1ccccc1)c1ccccc1.O=C([O-])C(=O)[O-]. The van der Waals surface area contributed by atoms with Gasteiger partial charge in [0, 0.05) is 0 Å². The Kier molecular flexibility index (Phi) is 11.4. The second-order valence-corrected chi connectivity index (χ2v) is 7.62. The Labute approximate surface area is 220 Å². The van der Waals surface area contributed by atoms with Crippen LogP contribution in [0.1, 0.15) is 0 Å². The molecule has 10 nitrogen and oxygen atoms in total. The van der Waals surface area contributed by atoms with Crippen molar-refractivity contribution < 1.29 is 29.6 Å². The number of carboxylic acids is 2. The minimum absolute atomic E-state index is 0.0948. The van der Waals surface area contributed by atoms with Gasteiger partial charge in [-0.3, -0.25) is 0 Å². The van der Waals surface area contributed by atoms with Crippen LogP contribution in [0.25, 0.3) is 0 Å². The molecular formula is C28H28N6O4. The molecule has 0 saturated heterocycles. The topological polar surface area (TPSA) is 189 Å². The van der Waals surface area contributed by atoms with Gasteiger partial charge in [0.1, 0.15) is 22.7 Å². The second kappa shape index (κ2) is 14.9. The number of nitrogens with one attached hydrogen (secondary N) is 4. The first-order chi connectivity index (χ1) is 18.2.